The minimum atomic E-state index is -2.46. The van der Waals surface area contributed by atoms with Gasteiger partial charge in [-0.25, -0.2) is 18.7 Å². The number of nitrogens with zero attached hydrogens (tertiary/aromatic N) is 2. The average Bonchev–Trinajstić information content (AvgIpc) is 3.22. The molecule has 1 heterocycles. The fourth-order valence-electron chi connectivity index (χ4n) is 1.98. The number of nitrogen functional groups attached to an aromatic ring is 1. The zero-order chi connectivity index (χ0) is 13.4. The molecule has 98 valence electrons. The Balaban J connectivity index is 1.96. The third kappa shape index (κ3) is 2.54. The number of halogens is 2. The van der Waals surface area contributed by atoms with Crippen molar-refractivity contribution >= 4 is 5.82 Å². The van der Waals surface area contributed by atoms with Gasteiger partial charge in [0.15, 0.2) is 5.82 Å². The molecular weight excluding hydrogens is 248 g/mol. The number of aromatic nitrogens is 2. The first-order valence-electron chi connectivity index (χ1n) is 6.16. The lowest BCUT2D eigenvalue weighted by molar-refractivity contribution is 0.151. The number of rotatable bonds is 3. The highest BCUT2D eigenvalue weighted by atomic mass is 19.3. The van der Waals surface area contributed by atoms with Crippen LogP contribution in [0.1, 0.15) is 36.4 Å². The van der Waals surface area contributed by atoms with Gasteiger partial charge in [-0.2, -0.15) is 0 Å². The minimum absolute atomic E-state index is 0.00457. The predicted octanol–water partition coefficient (Wildman–Crippen LogP) is 3.54. The van der Waals surface area contributed by atoms with Crippen molar-refractivity contribution in [3.05, 3.63) is 41.6 Å². The number of benzene rings is 1. The molecule has 2 aromatic rings. The molecule has 0 aliphatic heterocycles. The van der Waals surface area contributed by atoms with Gasteiger partial charge in [-0.05, 0) is 12.8 Å². The topological polar surface area (TPSA) is 51.8 Å². The summed E-state index contributed by atoms with van der Waals surface area (Å²) in [4.78, 5) is 8.63. The van der Waals surface area contributed by atoms with E-state index in [0.717, 1.165) is 18.5 Å². The van der Waals surface area contributed by atoms with E-state index in [2.05, 4.69) is 9.97 Å². The fraction of sp³-hybridized carbons (Fsp3) is 0.286. The summed E-state index contributed by atoms with van der Waals surface area (Å²) in [5.74, 6) is 1.40. The quantitative estimate of drug-likeness (QED) is 0.919. The molecule has 2 N–H and O–H groups in total. The lowest BCUT2D eigenvalue weighted by Gasteiger charge is -2.06. The molecule has 0 atom stereocenters. The summed E-state index contributed by atoms with van der Waals surface area (Å²) in [6.07, 6.45) is -0.210. The second kappa shape index (κ2) is 4.57. The van der Waals surface area contributed by atoms with E-state index in [4.69, 9.17) is 5.73 Å². The Morgan fingerprint density at radius 3 is 2.37 bits per heavy atom. The molecule has 1 saturated carbocycles. The molecule has 5 heteroatoms. The average molecular weight is 261 g/mol. The zero-order valence-corrected chi connectivity index (χ0v) is 10.2. The van der Waals surface area contributed by atoms with Gasteiger partial charge in [0.05, 0.1) is 0 Å². The van der Waals surface area contributed by atoms with E-state index in [1.165, 1.54) is 12.1 Å². The van der Waals surface area contributed by atoms with Crippen LogP contribution in [0, 0.1) is 0 Å². The van der Waals surface area contributed by atoms with Crippen LogP contribution in [-0.2, 0) is 0 Å². The second-order valence-electron chi connectivity index (χ2n) is 4.74. The standard InChI is InChI=1S/C14H13F2N3/c15-13(16)9-3-5-10(6-4-9)14-18-11(8-1-2-8)7-12(17)19-14/h3-8,13H,1-2H2,(H2,17,18,19). The van der Waals surface area contributed by atoms with Gasteiger partial charge in [0.25, 0.3) is 6.43 Å². The number of hydrogen-bond donors (Lipinski definition) is 1. The van der Waals surface area contributed by atoms with Crippen molar-refractivity contribution in [3.63, 3.8) is 0 Å². The summed E-state index contributed by atoms with van der Waals surface area (Å²) in [6.45, 7) is 0. The Bertz CT molecular complexity index is 592. The van der Waals surface area contributed by atoms with Crippen molar-refractivity contribution in [1.29, 1.82) is 0 Å². The van der Waals surface area contributed by atoms with E-state index in [-0.39, 0.29) is 5.56 Å². The summed E-state index contributed by atoms with van der Waals surface area (Å²) in [5.41, 5.74) is 7.42. The first kappa shape index (κ1) is 12.0. The lowest BCUT2D eigenvalue weighted by Crippen LogP contribution is -1.99. The normalized spacial score (nSPS) is 14.9. The molecular formula is C14H13F2N3. The van der Waals surface area contributed by atoms with E-state index in [1.807, 2.05) is 0 Å². The molecule has 0 bridgehead atoms. The van der Waals surface area contributed by atoms with Gasteiger partial charge in [0, 0.05) is 28.8 Å². The smallest absolute Gasteiger partial charge is 0.263 e. The summed E-state index contributed by atoms with van der Waals surface area (Å²) in [7, 11) is 0. The third-order valence-corrected chi connectivity index (χ3v) is 3.18. The number of alkyl halides is 2. The van der Waals surface area contributed by atoms with Gasteiger partial charge < -0.3 is 5.73 Å². The van der Waals surface area contributed by atoms with Crippen molar-refractivity contribution in [2.45, 2.75) is 25.2 Å². The summed E-state index contributed by atoms with van der Waals surface area (Å²) < 4.78 is 25.0. The highest BCUT2D eigenvalue weighted by molar-refractivity contribution is 5.57. The van der Waals surface area contributed by atoms with Crippen LogP contribution < -0.4 is 5.73 Å². The van der Waals surface area contributed by atoms with Gasteiger partial charge >= 0.3 is 0 Å². The molecule has 19 heavy (non-hydrogen) atoms. The molecule has 1 fully saturated rings. The predicted molar refractivity (Wildman–Crippen MR) is 68.8 cm³/mol. The monoisotopic (exact) mass is 261 g/mol. The SMILES string of the molecule is Nc1cc(C2CC2)nc(-c2ccc(C(F)F)cc2)n1. The molecule has 0 spiro atoms. The molecule has 1 aliphatic carbocycles. The van der Waals surface area contributed by atoms with Crippen molar-refractivity contribution in [2.75, 3.05) is 5.73 Å². The Kier molecular flexibility index (Phi) is 2.89. The van der Waals surface area contributed by atoms with E-state index < -0.39 is 6.43 Å². The zero-order valence-electron chi connectivity index (χ0n) is 10.2. The molecule has 3 nitrogen and oxygen atoms in total. The molecule has 1 aromatic heterocycles. The van der Waals surface area contributed by atoms with Gasteiger partial charge in [0.1, 0.15) is 5.82 Å². The van der Waals surface area contributed by atoms with Crippen LogP contribution in [0.2, 0.25) is 0 Å². The Labute approximate surface area is 109 Å². The number of hydrogen-bond acceptors (Lipinski definition) is 3. The molecule has 0 saturated heterocycles. The molecule has 0 amide bonds. The molecule has 3 rings (SSSR count). The maximum absolute atomic E-state index is 12.5. The van der Waals surface area contributed by atoms with Crippen molar-refractivity contribution < 1.29 is 8.78 Å². The maximum Gasteiger partial charge on any atom is 0.263 e. The number of anilines is 1. The van der Waals surface area contributed by atoms with Crippen LogP contribution in [0.3, 0.4) is 0 Å². The van der Waals surface area contributed by atoms with Gasteiger partial charge in [-0.15, -0.1) is 0 Å². The van der Waals surface area contributed by atoms with E-state index in [0.29, 0.717) is 23.1 Å². The Morgan fingerprint density at radius 1 is 1.11 bits per heavy atom. The first-order chi connectivity index (χ1) is 9.13. The molecule has 0 radical (unpaired) electrons. The Hall–Kier alpha value is -2.04. The Morgan fingerprint density at radius 2 is 1.79 bits per heavy atom. The molecule has 1 aromatic carbocycles. The molecule has 0 unspecified atom stereocenters. The lowest BCUT2D eigenvalue weighted by atomic mass is 10.1. The maximum atomic E-state index is 12.5. The van der Waals surface area contributed by atoms with Crippen molar-refractivity contribution in [2.24, 2.45) is 0 Å². The third-order valence-electron chi connectivity index (χ3n) is 3.18. The minimum Gasteiger partial charge on any atom is -0.384 e. The first-order valence-corrected chi connectivity index (χ1v) is 6.16. The number of nitrogens with two attached hydrogens (primary N) is 1. The van der Waals surface area contributed by atoms with Crippen LogP contribution in [0.25, 0.3) is 11.4 Å². The van der Waals surface area contributed by atoms with Crippen LogP contribution >= 0.6 is 0 Å². The summed E-state index contributed by atoms with van der Waals surface area (Å²) in [6, 6.07) is 7.78. The van der Waals surface area contributed by atoms with Gasteiger partial charge in [0.2, 0.25) is 0 Å². The van der Waals surface area contributed by atoms with Crippen LogP contribution in [0.4, 0.5) is 14.6 Å². The fourth-order valence-corrected chi connectivity index (χ4v) is 1.98. The van der Waals surface area contributed by atoms with E-state index >= 15 is 0 Å². The largest absolute Gasteiger partial charge is 0.384 e. The van der Waals surface area contributed by atoms with Gasteiger partial charge in [-0.3, -0.25) is 0 Å². The van der Waals surface area contributed by atoms with Gasteiger partial charge in [-0.1, -0.05) is 24.3 Å². The molecule has 1 aliphatic rings. The van der Waals surface area contributed by atoms with Crippen molar-refractivity contribution in [1.82, 2.24) is 9.97 Å². The summed E-state index contributed by atoms with van der Waals surface area (Å²) >= 11 is 0. The highest BCUT2D eigenvalue weighted by Gasteiger charge is 2.26. The van der Waals surface area contributed by atoms with Crippen LogP contribution in [0.5, 0.6) is 0 Å². The summed E-state index contributed by atoms with van der Waals surface area (Å²) in [5, 5.41) is 0. The van der Waals surface area contributed by atoms with Crippen molar-refractivity contribution in [3.8, 4) is 11.4 Å². The van der Waals surface area contributed by atoms with E-state index in [9.17, 15) is 8.78 Å². The highest BCUT2D eigenvalue weighted by Crippen LogP contribution is 2.39. The van der Waals surface area contributed by atoms with E-state index in [1.54, 1.807) is 18.2 Å². The van der Waals surface area contributed by atoms with Crippen LogP contribution in [0.15, 0.2) is 30.3 Å². The van der Waals surface area contributed by atoms with Crippen LogP contribution in [-0.4, -0.2) is 9.97 Å². The second-order valence-corrected chi connectivity index (χ2v) is 4.74.